The molecular weight excluding hydrogens is 360 g/mol. The Morgan fingerprint density at radius 1 is 1.07 bits per heavy atom. The number of anilines is 2. The molecule has 3 rings (SSSR count). The summed E-state index contributed by atoms with van der Waals surface area (Å²) in [7, 11) is 0. The third-order valence-corrected chi connectivity index (χ3v) is 4.51. The van der Waals surface area contributed by atoms with Gasteiger partial charge in [0.15, 0.2) is 12.2 Å². The Hall–Kier alpha value is -2.90. The van der Waals surface area contributed by atoms with E-state index in [1.807, 2.05) is 12.1 Å². The number of rotatable bonds is 6. The first kappa shape index (κ1) is 19.9. The van der Waals surface area contributed by atoms with E-state index >= 15 is 0 Å². The van der Waals surface area contributed by atoms with Gasteiger partial charge >= 0.3 is 5.97 Å². The number of esters is 1. The fourth-order valence-corrected chi connectivity index (χ4v) is 2.88. The zero-order valence-electron chi connectivity index (χ0n) is 15.7. The highest BCUT2D eigenvalue weighted by atomic mass is 16.6. The third kappa shape index (κ3) is 5.09. The van der Waals surface area contributed by atoms with E-state index in [0.29, 0.717) is 24.5 Å². The monoisotopic (exact) mass is 384 g/mol. The van der Waals surface area contributed by atoms with Gasteiger partial charge in [-0.1, -0.05) is 30.3 Å². The van der Waals surface area contributed by atoms with Gasteiger partial charge in [0.1, 0.15) is 0 Å². The molecule has 1 saturated heterocycles. The van der Waals surface area contributed by atoms with Crippen LogP contribution in [0.3, 0.4) is 0 Å². The number of aliphatic hydroxyl groups excluding tert-OH is 1. The number of hydrogen-bond donors (Lipinski definition) is 2. The standard InChI is InChI=1S/C21H24N2O5/c1-15(28-21(26)19(24)16-5-3-2-4-6-16)20(25)22-17-7-9-18(10-8-17)23-11-13-27-14-12-23/h2-10,15,19,24H,11-14H2,1H3,(H,22,25)/t15-,19+/m1/s1. The minimum absolute atomic E-state index is 0.416. The van der Waals surface area contributed by atoms with Crippen molar-refractivity contribution in [1.29, 1.82) is 0 Å². The number of nitrogens with zero attached hydrogens (tertiary/aromatic N) is 1. The van der Waals surface area contributed by atoms with Gasteiger partial charge in [-0.05, 0) is 36.8 Å². The lowest BCUT2D eigenvalue weighted by molar-refractivity contribution is -0.162. The molecule has 0 radical (unpaired) electrons. The molecule has 28 heavy (non-hydrogen) atoms. The lowest BCUT2D eigenvalue weighted by atomic mass is 10.1. The number of amides is 1. The minimum atomic E-state index is -1.43. The summed E-state index contributed by atoms with van der Waals surface area (Å²) in [4.78, 5) is 26.6. The second kappa shape index (κ2) is 9.34. The Bertz CT molecular complexity index is 788. The number of carbonyl (C=O) groups is 2. The topological polar surface area (TPSA) is 88.1 Å². The highest BCUT2D eigenvalue weighted by Gasteiger charge is 2.24. The lowest BCUT2D eigenvalue weighted by Gasteiger charge is -2.29. The third-order valence-electron chi connectivity index (χ3n) is 4.51. The first-order valence-corrected chi connectivity index (χ1v) is 9.22. The van der Waals surface area contributed by atoms with E-state index in [9.17, 15) is 14.7 Å². The molecule has 0 aliphatic carbocycles. The van der Waals surface area contributed by atoms with Crippen LogP contribution in [0, 0.1) is 0 Å². The Morgan fingerprint density at radius 3 is 2.36 bits per heavy atom. The van der Waals surface area contributed by atoms with Crippen molar-refractivity contribution in [3.8, 4) is 0 Å². The molecule has 2 aromatic rings. The van der Waals surface area contributed by atoms with Crippen molar-refractivity contribution in [2.24, 2.45) is 0 Å². The van der Waals surface area contributed by atoms with E-state index in [1.165, 1.54) is 6.92 Å². The van der Waals surface area contributed by atoms with Crippen LogP contribution in [-0.2, 0) is 19.1 Å². The molecule has 1 aliphatic heterocycles. The van der Waals surface area contributed by atoms with E-state index in [0.717, 1.165) is 18.8 Å². The number of hydrogen-bond acceptors (Lipinski definition) is 6. The maximum absolute atomic E-state index is 12.3. The summed E-state index contributed by atoms with van der Waals surface area (Å²) in [5.41, 5.74) is 2.08. The zero-order valence-corrected chi connectivity index (χ0v) is 15.7. The maximum atomic E-state index is 12.3. The highest BCUT2D eigenvalue weighted by molar-refractivity contribution is 5.95. The molecule has 1 heterocycles. The summed E-state index contributed by atoms with van der Waals surface area (Å²) in [5, 5.41) is 12.8. The number of morpholine rings is 1. The molecule has 1 fully saturated rings. The normalized spacial score (nSPS) is 16.1. The van der Waals surface area contributed by atoms with Crippen molar-refractivity contribution in [3.63, 3.8) is 0 Å². The lowest BCUT2D eigenvalue weighted by Crippen LogP contribution is -2.36. The molecule has 0 bridgehead atoms. The van der Waals surface area contributed by atoms with Crippen LogP contribution in [0.5, 0.6) is 0 Å². The molecule has 0 unspecified atom stereocenters. The first-order valence-electron chi connectivity index (χ1n) is 9.22. The smallest absolute Gasteiger partial charge is 0.340 e. The van der Waals surface area contributed by atoms with E-state index in [2.05, 4.69) is 10.2 Å². The van der Waals surface area contributed by atoms with E-state index < -0.39 is 24.1 Å². The number of aliphatic hydroxyl groups is 1. The quantitative estimate of drug-likeness (QED) is 0.742. The van der Waals surface area contributed by atoms with Crippen LogP contribution >= 0.6 is 0 Å². The van der Waals surface area contributed by atoms with Crippen molar-refractivity contribution in [3.05, 3.63) is 60.2 Å². The second-order valence-corrected chi connectivity index (χ2v) is 6.53. The van der Waals surface area contributed by atoms with Crippen LogP contribution in [0.1, 0.15) is 18.6 Å². The molecular formula is C21H24N2O5. The molecule has 2 aromatic carbocycles. The average molecular weight is 384 g/mol. The van der Waals surface area contributed by atoms with Crippen LogP contribution < -0.4 is 10.2 Å². The predicted molar refractivity (Wildman–Crippen MR) is 105 cm³/mol. The van der Waals surface area contributed by atoms with Crippen molar-refractivity contribution in [1.82, 2.24) is 0 Å². The summed E-state index contributed by atoms with van der Waals surface area (Å²) in [5.74, 6) is -1.33. The summed E-state index contributed by atoms with van der Waals surface area (Å²) in [6.45, 7) is 4.55. The molecule has 148 valence electrons. The summed E-state index contributed by atoms with van der Waals surface area (Å²) < 4.78 is 10.4. The van der Waals surface area contributed by atoms with Crippen LogP contribution in [0.2, 0.25) is 0 Å². The summed E-state index contributed by atoms with van der Waals surface area (Å²) >= 11 is 0. The van der Waals surface area contributed by atoms with Gasteiger partial charge in [-0.25, -0.2) is 4.79 Å². The number of ether oxygens (including phenoxy) is 2. The van der Waals surface area contributed by atoms with Gasteiger partial charge in [0, 0.05) is 24.5 Å². The highest BCUT2D eigenvalue weighted by Crippen LogP contribution is 2.20. The van der Waals surface area contributed by atoms with Gasteiger partial charge in [-0.2, -0.15) is 0 Å². The van der Waals surface area contributed by atoms with Crippen molar-refractivity contribution in [2.75, 3.05) is 36.5 Å². The Morgan fingerprint density at radius 2 is 1.71 bits per heavy atom. The molecule has 0 saturated carbocycles. The molecule has 2 N–H and O–H groups in total. The van der Waals surface area contributed by atoms with Gasteiger partial charge in [-0.15, -0.1) is 0 Å². The van der Waals surface area contributed by atoms with Crippen molar-refractivity contribution >= 4 is 23.3 Å². The Labute approximate surface area is 163 Å². The Balaban J connectivity index is 1.53. The molecule has 1 aliphatic rings. The van der Waals surface area contributed by atoms with Crippen molar-refractivity contribution < 1.29 is 24.2 Å². The van der Waals surface area contributed by atoms with Gasteiger partial charge in [0.05, 0.1) is 13.2 Å². The van der Waals surface area contributed by atoms with Gasteiger partial charge in [0.25, 0.3) is 5.91 Å². The fourth-order valence-electron chi connectivity index (χ4n) is 2.88. The SMILES string of the molecule is C[C@@H](OC(=O)[C@@H](O)c1ccccc1)C(=O)Nc1ccc(N2CCOCC2)cc1. The second-order valence-electron chi connectivity index (χ2n) is 6.53. The largest absolute Gasteiger partial charge is 0.450 e. The minimum Gasteiger partial charge on any atom is -0.450 e. The van der Waals surface area contributed by atoms with Crippen molar-refractivity contribution in [2.45, 2.75) is 19.1 Å². The molecule has 7 nitrogen and oxygen atoms in total. The number of nitrogens with one attached hydrogen (secondary N) is 1. The van der Waals surface area contributed by atoms with Crippen LogP contribution in [-0.4, -0.2) is 49.4 Å². The zero-order chi connectivity index (χ0) is 19.9. The maximum Gasteiger partial charge on any atom is 0.340 e. The van der Waals surface area contributed by atoms with Crippen LogP contribution in [0.4, 0.5) is 11.4 Å². The summed E-state index contributed by atoms with van der Waals surface area (Å²) in [6.07, 6.45) is -2.46. The molecule has 0 aromatic heterocycles. The Kier molecular flexibility index (Phi) is 6.62. The first-order chi connectivity index (χ1) is 13.5. The average Bonchev–Trinajstić information content (AvgIpc) is 2.75. The van der Waals surface area contributed by atoms with Gasteiger partial charge in [-0.3, -0.25) is 4.79 Å². The number of carbonyl (C=O) groups excluding carboxylic acids is 2. The van der Waals surface area contributed by atoms with E-state index in [1.54, 1.807) is 42.5 Å². The molecule has 1 amide bonds. The predicted octanol–water partition coefficient (Wildman–Crippen LogP) is 2.13. The number of benzene rings is 2. The van der Waals surface area contributed by atoms with Crippen LogP contribution in [0.25, 0.3) is 0 Å². The van der Waals surface area contributed by atoms with Gasteiger partial charge in [0.2, 0.25) is 0 Å². The van der Waals surface area contributed by atoms with Gasteiger partial charge < -0.3 is 24.8 Å². The molecule has 0 spiro atoms. The van der Waals surface area contributed by atoms with E-state index in [4.69, 9.17) is 9.47 Å². The molecule has 2 atom stereocenters. The fraction of sp³-hybridized carbons (Fsp3) is 0.333. The summed E-state index contributed by atoms with van der Waals surface area (Å²) in [6, 6.07) is 15.9. The molecule has 7 heteroatoms. The van der Waals surface area contributed by atoms with E-state index in [-0.39, 0.29) is 0 Å². The van der Waals surface area contributed by atoms with Crippen LogP contribution in [0.15, 0.2) is 54.6 Å².